The van der Waals surface area contributed by atoms with E-state index in [2.05, 4.69) is 12.2 Å². The number of carbonyl (C=O) groups is 1. The minimum atomic E-state index is -0.135. The van der Waals surface area contributed by atoms with Crippen molar-refractivity contribution < 1.29 is 9.90 Å². The number of nitrogens with zero attached hydrogens (tertiary/aromatic N) is 2. The minimum Gasteiger partial charge on any atom is -0.395 e. The van der Waals surface area contributed by atoms with Gasteiger partial charge in [0.1, 0.15) is 0 Å². The van der Waals surface area contributed by atoms with Crippen LogP contribution in [-0.2, 0) is 4.79 Å². The molecule has 0 radical (unpaired) electrons. The van der Waals surface area contributed by atoms with Gasteiger partial charge < -0.3 is 10.4 Å². The minimum absolute atomic E-state index is 0.0426. The molecule has 20 heavy (non-hydrogen) atoms. The van der Waals surface area contributed by atoms with Crippen molar-refractivity contribution in [3.05, 3.63) is 29.8 Å². The van der Waals surface area contributed by atoms with E-state index in [0.717, 1.165) is 19.4 Å². The summed E-state index contributed by atoms with van der Waals surface area (Å²) in [5, 5.41) is 20.6. The lowest BCUT2D eigenvalue weighted by Gasteiger charge is -2.20. The number of aliphatic hydroxyl groups is 1. The molecule has 2 N–H and O–H groups in total. The Labute approximate surface area is 119 Å². The van der Waals surface area contributed by atoms with Gasteiger partial charge in [0.2, 0.25) is 5.91 Å². The van der Waals surface area contributed by atoms with Gasteiger partial charge in [-0.05, 0) is 31.2 Å². The van der Waals surface area contributed by atoms with Crippen molar-refractivity contribution in [3.8, 4) is 6.07 Å². The van der Waals surface area contributed by atoms with Crippen LogP contribution in [0.5, 0.6) is 0 Å². The fourth-order valence-electron chi connectivity index (χ4n) is 1.86. The topological polar surface area (TPSA) is 76.4 Å². The van der Waals surface area contributed by atoms with Gasteiger partial charge in [-0.25, -0.2) is 0 Å². The van der Waals surface area contributed by atoms with Gasteiger partial charge in [-0.1, -0.05) is 19.4 Å². The Kier molecular flexibility index (Phi) is 7.33. The average Bonchev–Trinajstić information content (AvgIpc) is 2.45. The van der Waals surface area contributed by atoms with Crippen LogP contribution in [0.15, 0.2) is 24.3 Å². The third kappa shape index (κ3) is 5.83. The lowest BCUT2D eigenvalue weighted by molar-refractivity contribution is -0.117. The van der Waals surface area contributed by atoms with Crippen molar-refractivity contribution >= 4 is 11.6 Å². The number of rotatable bonds is 8. The van der Waals surface area contributed by atoms with Crippen molar-refractivity contribution in [1.29, 1.82) is 5.26 Å². The number of hydrogen-bond acceptors (Lipinski definition) is 4. The fraction of sp³-hybridized carbons (Fsp3) is 0.467. The normalized spacial score (nSPS) is 10.3. The van der Waals surface area contributed by atoms with E-state index in [1.165, 1.54) is 0 Å². The van der Waals surface area contributed by atoms with Gasteiger partial charge >= 0.3 is 0 Å². The van der Waals surface area contributed by atoms with Gasteiger partial charge in [0.15, 0.2) is 0 Å². The molecule has 0 bridgehead atoms. The first-order chi connectivity index (χ1) is 9.69. The lowest BCUT2D eigenvalue weighted by Crippen LogP contribution is -2.35. The van der Waals surface area contributed by atoms with Crippen molar-refractivity contribution in [1.82, 2.24) is 4.90 Å². The van der Waals surface area contributed by atoms with E-state index in [-0.39, 0.29) is 19.1 Å². The van der Waals surface area contributed by atoms with Gasteiger partial charge in [0.25, 0.3) is 0 Å². The predicted octanol–water partition coefficient (Wildman–Crippen LogP) is 1.59. The first-order valence-corrected chi connectivity index (χ1v) is 6.82. The van der Waals surface area contributed by atoms with Gasteiger partial charge in [0, 0.05) is 12.2 Å². The molecule has 108 valence electrons. The Morgan fingerprint density at radius 1 is 1.45 bits per heavy atom. The number of aliphatic hydroxyl groups excluding tert-OH is 1. The molecule has 0 fully saturated rings. The molecule has 0 spiro atoms. The Morgan fingerprint density at radius 3 is 2.90 bits per heavy atom. The van der Waals surface area contributed by atoms with Crippen LogP contribution in [-0.4, -0.2) is 42.2 Å². The Balaban J connectivity index is 2.53. The Hall–Kier alpha value is -1.90. The van der Waals surface area contributed by atoms with Crippen molar-refractivity contribution in [2.45, 2.75) is 19.8 Å². The van der Waals surface area contributed by atoms with Crippen LogP contribution in [0.1, 0.15) is 25.3 Å². The number of anilines is 1. The molecule has 0 aliphatic carbocycles. The zero-order valence-corrected chi connectivity index (χ0v) is 11.8. The monoisotopic (exact) mass is 275 g/mol. The summed E-state index contributed by atoms with van der Waals surface area (Å²) in [6, 6.07) is 8.85. The van der Waals surface area contributed by atoms with Crippen molar-refractivity contribution in [2.75, 3.05) is 31.6 Å². The molecule has 0 heterocycles. The number of unbranched alkanes of at least 4 members (excludes halogenated alkanes) is 1. The molecular weight excluding hydrogens is 254 g/mol. The second-order valence-electron chi connectivity index (χ2n) is 4.59. The van der Waals surface area contributed by atoms with Gasteiger partial charge in [-0.15, -0.1) is 0 Å². The maximum atomic E-state index is 11.9. The summed E-state index contributed by atoms with van der Waals surface area (Å²) in [4.78, 5) is 13.9. The largest absolute Gasteiger partial charge is 0.395 e. The zero-order chi connectivity index (χ0) is 14.8. The number of nitriles is 1. The summed E-state index contributed by atoms with van der Waals surface area (Å²) < 4.78 is 0. The first kappa shape index (κ1) is 16.2. The quantitative estimate of drug-likeness (QED) is 0.755. The molecule has 0 saturated carbocycles. The highest BCUT2D eigenvalue weighted by Crippen LogP contribution is 2.09. The Morgan fingerprint density at radius 2 is 2.25 bits per heavy atom. The van der Waals surface area contributed by atoms with Gasteiger partial charge in [0.05, 0.1) is 24.8 Å². The van der Waals surface area contributed by atoms with E-state index < -0.39 is 0 Å². The molecule has 0 saturated heterocycles. The molecule has 5 nitrogen and oxygen atoms in total. The number of carbonyl (C=O) groups excluding carboxylic acids is 1. The van der Waals surface area contributed by atoms with Crippen molar-refractivity contribution in [3.63, 3.8) is 0 Å². The molecule has 0 aromatic heterocycles. The van der Waals surface area contributed by atoms with Crippen LogP contribution in [0.2, 0.25) is 0 Å². The third-order valence-electron chi connectivity index (χ3n) is 2.89. The smallest absolute Gasteiger partial charge is 0.238 e. The molecule has 1 aromatic rings. The van der Waals surface area contributed by atoms with Crippen LogP contribution >= 0.6 is 0 Å². The number of benzene rings is 1. The molecular formula is C15H21N3O2. The predicted molar refractivity (Wildman–Crippen MR) is 78.2 cm³/mol. The summed E-state index contributed by atoms with van der Waals surface area (Å²) in [5.74, 6) is -0.135. The molecule has 5 heteroatoms. The van der Waals surface area contributed by atoms with E-state index in [0.29, 0.717) is 17.8 Å². The zero-order valence-electron chi connectivity index (χ0n) is 11.8. The highest BCUT2D eigenvalue weighted by atomic mass is 16.3. The second kappa shape index (κ2) is 9.08. The Bertz CT molecular complexity index is 468. The lowest BCUT2D eigenvalue weighted by atomic mass is 10.2. The molecule has 1 rings (SSSR count). The molecule has 1 amide bonds. The summed E-state index contributed by atoms with van der Waals surface area (Å²) in [6.45, 7) is 3.66. The summed E-state index contributed by atoms with van der Waals surface area (Å²) >= 11 is 0. The third-order valence-corrected chi connectivity index (χ3v) is 2.89. The highest BCUT2D eigenvalue weighted by Gasteiger charge is 2.10. The fourth-order valence-corrected chi connectivity index (χ4v) is 1.86. The summed E-state index contributed by atoms with van der Waals surface area (Å²) in [5.41, 5.74) is 1.13. The maximum Gasteiger partial charge on any atom is 0.238 e. The van der Waals surface area contributed by atoms with Crippen LogP contribution in [0.25, 0.3) is 0 Å². The van der Waals surface area contributed by atoms with E-state index >= 15 is 0 Å². The summed E-state index contributed by atoms with van der Waals surface area (Å²) in [6.07, 6.45) is 2.05. The SMILES string of the molecule is CCCCN(CCO)CC(=O)Nc1cccc(C#N)c1. The van der Waals surface area contributed by atoms with E-state index in [1.807, 2.05) is 11.0 Å². The van der Waals surface area contributed by atoms with E-state index in [1.54, 1.807) is 24.3 Å². The number of nitrogens with one attached hydrogen (secondary N) is 1. The molecule has 0 atom stereocenters. The average molecular weight is 275 g/mol. The van der Waals surface area contributed by atoms with Crippen LogP contribution in [0, 0.1) is 11.3 Å². The molecule has 0 aliphatic rings. The first-order valence-electron chi connectivity index (χ1n) is 6.82. The van der Waals surface area contributed by atoms with Crippen LogP contribution in [0.4, 0.5) is 5.69 Å². The highest BCUT2D eigenvalue weighted by molar-refractivity contribution is 5.92. The van der Waals surface area contributed by atoms with E-state index in [9.17, 15) is 4.79 Å². The molecule has 0 unspecified atom stereocenters. The van der Waals surface area contributed by atoms with Crippen LogP contribution < -0.4 is 5.32 Å². The number of hydrogen-bond donors (Lipinski definition) is 2. The van der Waals surface area contributed by atoms with Crippen LogP contribution in [0.3, 0.4) is 0 Å². The number of amides is 1. The standard InChI is InChI=1S/C15H21N3O2/c1-2-3-7-18(8-9-19)12-15(20)17-14-6-4-5-13(10-14)11-16/h4-6,10,19H,2-3,7-9,12H2,1H3,(H,17,20). The summed E-state index contributed by atoms with van der Waals surface area (Å²) in [7, 11) is 0. The van der Waals surface area contributed by atoms with E-state index in [4.69, 9.17) is 10.4 Å². The molecule has 0 aliphatic heterocycles. The van der Waals surface area contributed by atoms with Crippen molar-refractivity contribution in [2.24, 2.45) is 0 Å². The second-order valence-corrected chi connectivity index (χ2v) is 4.59. The van der Waals surface area contributed by atoms with Gasteiger partial charge in [-0.2, -0.15) is 5.26 Å². The molecule has 1 aromatic carbocycles. The van der Waals surface area contributed by atoms with Gasteiger partial charge in [-0.3, -0.25) is 9.69 Å². The maximum absolute atomic E-state index is 11.9.